The van der Waals surface area contributed by atoms with E-state index in [9.17, 15) is 4.79 Å². The zero-order valence-corrected chi connectivity index (χ0v) is 20.4. The first kappa shape index (κ1) is 23.6. The fourth-order valence-corrected chi connectivity index (χ4v) is 4.58. The minimum atomic E-state index is -0.655. The van der Waals surface area contributed by atoms with Crippen LogP contribution < -0.4 is 11.3 Å². The fraction of sp³-hybridized carbons (Fsp3) is 0.292. The van der Waals surface area contributed by atoms with Crippen molar-refractivity contribution < 1.29 is 4.79 Å². The molecule has 2 aromatic carbocycles. The Labute approximate surface area is 212 Å². The van der Waals surface area contributed by atoms with Gasteiger partial charge < -0.3 is 5.73 Å². The molecule has 3 aromatic rings. The lowest BCUT2D eigenvalue weighted by Gasteiger charge is -2.35. The second-order valence-corrected chi connectivity index (χ2v) is 9.33. The van der Waals surface area contributed by atoms with Gasteiger partial charge in [0, 0.05) is 40.7 Å². The maximum Gasteiger partial charge on any atom is 0.269 e. The van der Waals surface area contributed by atoms with Crippen molar-refractivity contribution in [2.45, 2.75) is 31.8 Å². The Balaban J connectivity index is 1.58. The van der Waals surface area contributed by atoms with Crippen molar-refractivity contribution in [3.8, 4) is 22.5 Å². The number of halogens is 2. The molecule has 1 saturated heterocycles. The van der Waals surface area contributed by atoms with E-state index in [0.29, 0.717) is 33.5 Å². The van der Waals surface area contributed by atoms with Crippen LogP contribution in [0.25, 0.3) is 22.5 Å². The van der Waals surface area contributed by atoms with E-state index in [0.717, 1.165) is 37.1 Å². The lowest BCUT2D eigenvalue weighted by molar-refractivity contribution is -0.0932. The van der Waals surface area contributed by atoms with Crippen LogP contribution in [0.5, 0.6) is 0 Å². The predicted octanol–water partition coefficient (Wildman–Crippen LogP) is 4.67. The first-order chi connectivity index (χ1) is 17.0. The Morgan fingerprint density at radius 3 is 2.06 bits per heavy atom. The van der Waals surface area contributed by atoms with Crippen molar-refractivity contribution >= 4 is 29.1 Å². The summed E-state index contributed by atoms with van der Waals surface area (Å²) in [6.07, 6.45) is 3.35. The van der Waals surface area contributed by atoms with E-state index in [1.807, 2.05) is 29.4 Å². The molecule has 0 spiro atoms. The molecule has 1 unspecified atom stereocenters. The van der Waals surface area contributed by atoms with Gasteiger partial charge in [-0.1, -0.05) is 59.1 Å². The number of amides is 1. The molecule has 0 aliphatic carbocycles. The number of primary amides is 1. The smallest absolute Gasteiger partial charge is 0.269 e. The summed E-state index contributed by atoms with van der Waals surface area (Å²) in [7, 11) is 0. The lowest BCUT2D eigenvalue weighted by Crippen LogP contribution is -2.53. The number of nitrogens with one attached hydrogen (secondary N) is 1. The molecule has 35 heavy (non-hydrogen) atoms. The molecule has 1 amide bonds. The Kier molecular flexibility index (Phi) is 6.92. The average Bonchev–Trinajstić information content (AvgIpc) is 3.33. The minimum Gasteiger partial charge on any atom is -0.364 e. The summed E-state index contributed by atoms with van der Waals surface area (Å²) in [5.41, 5.74) is 12.0. The maximum atomic E-state index is 12.5. The van der Waals surface area contributed by atoms with Crippen molar-refractivity contribution in [1.82, 2.24) is 25.6 Å². The third-order valence-electron chi connectivity index (χ3n) is 6.07. The van der Waals surface area contributed by atoms with Crippen LogP contribution >= 0.6 is 23.2 Å². The normalized spacial score (nSPS) is 18.5. The molecule has 11 heteroatoms. The number of rotatable bonds is 6. The number of piperidine rings is 1. The fourth-order valence-electron chi connectivity index (χ4n) is 4.33. The van der Waals surface area contributed by atoms with E-state index < -0.39 is 5.91 Å². The molecule has 2 aliphatic rings. The summed E-state index contributed by atoms with van der Waals surface area (Å²) in [6, 6.07) is 14.5. The van der Waals surface area contributed by atoms with Gasteiger partial charge >= 0.3 is 0 Å². The summed E-state index contributed by atoms with van der Waals surface area (Å²) >= 11 is 12.2. The van der Waals surface area contributed by atoms with Gasteiger partial charge in [0.15, 0.2) is 6.17 Å². The number of hydrogen-bond acceptors (Lipinski definition) is 8. The van der Waals surface area contributed by atoms with Gasteiger partial charge in [0.25, 0.3) is 5.91 Å². The standard InChI is InChI=1S/C24H24Cl2N8O/c25-17-8-4-15(5-9-17)21-22(16-6-10-18(26)11-7-16)29-23(24(27)35)19(28-21)14-20-30-31-32-34(20)33-12-2-1-3-13-33/h4-11,20H,1-3,12-14H2,(H2,27,35)(H,30,32). The number of hydrogen-bond donors (Lipinski definition) is 2. The summed E-state index contributed by atoms with van der Waals surface area (Å²) < 4.78 is 0. The Morgan fingerprint density at radius 2 is 1.49 bits per heavy atom. The quantitative estimate of drug-likeness (QED) is 0.498. The second-order valence-electron chi connectivity index (χ2n) is 8.45. The third kappa shape index (κ3) is 5.13. The molecule has 0 saturated carbocycles. The van der Waals surface area contributed by atoms with Gasteiger partial charge in [-0.25, -0.2) is 20.5 Å². The van der Waals surface area contributed by atoms with Gasteiger partial charge in [-0.2, -0.15) is 0 Å². The van der Waals surface area contributed by atoms with Crippen LogP contribution in [0.2, 0.25) is 10.0 Å². The van der Waals surface area contributed by atoms with Crippen molar-refractivity contribution in [3.63, 3.8) is 0 Å². The van der Waals surface area contributed by atoms with Crippen LogP contribution in [0.3, 0.4) is 0 Å². The molecule has 9 nitrogen and oxygen atoms in total. The number of hydrazine groups is 2. The summed E-state index contributed by atoms with van der Waals surface area (Å²) in [6.45, 7) is 1.82. The SMILES string of the molecule is NC(=O)c1nc(-c2ccc(Cl)cc2)c(-c2ccc(Cl)cc2)nc1CC1N=NNN1N1CCCCC1. The van der Waals surface area contributed by atoms with Crippen molar-refractivity contribution in [1.29, 1.82) is 0 Å². The largest absolute Gasteiger partial charge is 0.364 e. The first-order valence-corrected chi connectivity index (χ1v) is 12.2. The van der Waals surface area contributed by atoms with Crippen LogP contribution in [0.1, 0.15) is 35.4 Å². The highest BCUT2D eigenvalue weighted by atomic mass is 35.5. The molecule has 3 N–H and O–H groups in total. The van der Waals surface area contributed by atoms with Crippen LogP contribution in [0.4, 0.5) is 0 Å². The number of carbonyl (C=O) groups is 1. The van der Waals surface area contributed by atoms with E-state index in [1.54, 1.807) is 24.3 Å². The van der Waals surface area contributed by atoms with Crippen LogP contribution in [0.15, 0.2) is 58.9 Å². The lowest BCUT2D eigenvalue weighted by atomic mass is 10.0. The highest BCUT2D eigenvalue weighted by Crippen LogP contribution is 2.32. The summed E-state index contributed by atoms with van der Waals surface area (Å²) in [4.78, 5) is 22.1. The third-order valence-corrected chi connectivity index (χ3v) is 6.57. The highest BCUT2D eigenvalue weighted by Gasteiger charge is 2.32. The zero-order chi connectivity index (χ0) is 24.4. The summed E-state index contributed by atoms with van der Waals surface area (Å²) in [5, 5.41) is 13.7. The monoisotopic (exact) mass is 510 g/mol. The Hall–Kier alpha value is -3.11. The van der Waals surface area contributed by atoms with E-state index in [2.05, 4.69) is 20.9 Å². The molecule has 180 valence electrons. The maximum absolute atomic E-state index is 12.5. The Morgan fingerprint density at radius 1 is 0.914 bits per heavy atom. The number of nitrogens with zero attached hydrogens (tertiary/aromatic N) is 6. The Bertz CT molecular complexity index is 1240. The number of carbonyl (C=O) groups excluding carboxylic acids is 1. The number of nitrogens with two attached hydrogens (primary N) is 1. The topological polar surface area (TPSA) is 112 Å². The van der Waals surface area contributed by atoms with E-state index in [4.69, 9.17) is 38.9 Å². The molecule has 0 radical (unpaired) electrons. The van der Waals surface area contributed by atoms with Gasteiger partial charge in [0.05, 0.1) is 17.1 Å². The summed E-state index contributed by atoms with van der Waals surface area (Å²) in [5.74, 6) is -0.655. The average molecular weight is 511 g/mol. The van der Waals surface area contributed by atoms with Crippen LogP contribution in [-0.2, 0) is 6.42 Å². The molecule has 1 fully saturated rings. The van der Waals surface area contributed by atoms with Gasteiger partial charge in [-0.3, -0.25) is 4.79 Å². The van der Waals surface area contributed by atoms with E-state index >= 15 is 0 Å². The minimum absolute atomic E-state index is 0.105. The molecule has 1 atom stereocenters. The van der Waals surface area contributed by atoms with E-state index in [1.165, 1.54) is 6.42 Å². The molecular formula is C24H24Cl2N8O. The first-order valence-electron chi connectivity index (χ1n) is 11.4. The van der Waals surface area contributed by atoms with Crippen molar-refractivity contribution in [2.24, 2.45) is 16.1 Å². The van der Waals surface area contributed by atoms with Crippen molar-refractivity contribution in [3.05, 3.63) is 70.0 Å². The molecule has 3 heterocycles. The molecular weight excluding hydrogens is 487 g/mol. The molecule has 0 bridgehead atoms. The van der Waals surface area contributed by atoms with Gasteiger partial charge in [0.2, 0.25) is 0 Å². The zero-order valence-electron chi connectivity index (χ0n) is 18.9. The number of benzene rings is 2. The van der Waals surface area contributed by atoms with Gasteiger partial charge in [-0.15, -0.1) is 10.2 Å². The molecule has 2 aliphatic heterocycles. The molecule has 5 rings (SSSR count). The van der Waals surface area contributed by atoms with Gasteiger partial charge in [0.1, 0.15) is 5.69 Å². The second kappa shape index (κ2) is 10.2. The predicted molar refractivity (Wildman–Crippen MR) is 134 cm³/mol. The molecule has 1 aromatic heterocycles. The van der Waals surface area contributed by atoms with Crippen molar-refractivity contribution in [2.75, 3.05) is 13.1 Å². The van der Waals surface area contributed by atoms with Gasteiger partial charge in [-0.05, 0) is 37.1 Å². The van der Waals surface area contributed by atoms with Crippen LogP contribution in [0, 0.1) is 0 Å². The van der Waals surface area contributed by atoms with Crippen LogP contribution in [-0.4, -0.2) is 45.3 Å². The highest BCUT2D eigenvalue weighted by molar-refractivity contribution is 6.31. The number of aromatic nitrogens is 2. The van der Waals surface area contributed by atoms with E-state index in [-0.39, 0.29) is 11.9 Å².